The van der Waals surface area contributed by atoms with Crippen LogP contribution in [0.1, 0.15) is 27.1 Å². The van der Waals surface area contributed by atoms with E-state index >= 15 is 0 Å². The predicted octanol–water partition coefficient (Wildman–Crippen LogP) is 1.62. The molecule has 2 N–H and O–H groups in total. The largest absolute Gasteiger partial charge is 0.478 e. The van der Waals surface area contributed by atoms with E-state index in [2.05, 4.69) is 6.58 Å². The zero-order valence-corrected chi connectivity index (χ0v) is 10.6. The summed E-state index contributed by atoms with van der Waals surface area (Å²) in [6.45, 7) is 3.85. The number of benzene rings is 1. The minimum atomic E-state index is -1.27. The zero-order valence-electron chi connectivity index (χ0n) is 10.6. The normalized spacial score (nSPS) is 18.1. The van der Waals surface area contributed by atoms with E-state index in [1.54, 1.807) is 6.08 Å². The fourth-order valence-corrected chi connectivity index (χ4v) is 2.29. The minimum absolute atomic E-state index is 0.0538. The van der Waals surface area contributed by atoms with Crippen LogP contribution in [-0.4, -0.2) is 34.6 Å². The average Bonchev–Trinajstić information content (AvgIpc) is 2.78. The molecule has 1 unspecified atom stereocenters. The quantitative estimate of drug-likeness (QED) is 0.814. The monoisotopic (exact) mass is 275 g/mol. The second kappa shape index (κ2) is 5.16. The van der Waals surface area contributed by atoms with E-state index < -0.39 is 11.9 Å². The van der Waals surface area contributed by atoms with Crippen LogP contribution in [0.4, 0.5) is 5.69 Å². The lowest BCUT2D eigenvalue weighted by molar-refractivity contribution is -0.117. The van der Waals surface area contributed by atoms with Crippen molar-refractivity contribution in [3.63, 3.8) is 0 Å². The SMILES string of the molecule is C=CC1CC(=O)N(c2c(C(=O)O)cccc2C(=O)O)C1. The van der Waals surface area contributed by atoms with Crippen molar-refractivity contribution < 1.29 is 24.6 Å². The molecule has 1 heterocycles. The minimum Gasteiger partial charge on any atom is -0.478 e. The van der Waals surface area contributed by atoms with E-state index in [4.69, 9.17) is 0 Å². The Hall–Kier alpha value is -2.63. The molecule has 1 amide bonds. The van der Waals surface area contributed by atoms with Crippen LogP contribution in [0.3, 0.4) is 0 Å². The van der Waals surface area contributed by atoms with Crippen molar-refractivity contribution in [1.29, 1.82) is 0 Å². The third kappa shape index (κ3) is 2.27. The van der Waals surface area contributed by atoms with E-state index in [0.717, 1.165) is 0 Å². The lowest BCUT2D eigenvalue weighted by Crippen LogP contribution is -2.28. The van der Waals surface area contributed by atoms with Crippen LogP contribution in [0, 0.1) is 5.92 Å². The Balaban J connectivity index is 2.59. The number of carboxylic acid groups (broad SMARTS) is 2. The summed E-state index contributed by atoms with van der Waals surface area (Å²) in [7, 11) is 0. The highest BCUT2D eigenvalue weighted by Crippen LogP contribution is 2.32. The van der Waals surface area contributed by atoms with Crippen LogP contribution < -0.4 is 4.90 Å². The van der Waals surface area contributed by atoms with Crippen LogP contribution >= 0.6 is 0 Å². The Kier molecular flexibility index (Phi) is 3.56. The maximum Gasteiger partial charge on any atom is 0.337 e. The Bertz CT molecular complexity index is 575. The molecule has 104 valence electrons. The van der Waals surface area contributed by atoms with Gasteiger partial charge in [-0.25, -0.2) is 9.59 Å². The van der Waals surface area contributed by atoms with E-state index in [9.17, 15) is 24.6 Å². The third-order valence-corrected chi connectivity index (χ3v) is 3.26. The molecule has 1 aromatic rings. The summed E-state index contributed by atoms with van der Waals surface area (Å²) in [5, 5.41) is 18.4. The lowest BCUT2D eigenvalue weighted by Gasteiger charge is -2.20. The number of nitrogens with zero attached hydrogens (tertiary/aromatic N) is 1. The molecule has 1 aliphatic rings. The number of anilines is 1. The molecule has 0 aromatic heterocycles. The maximum absolute atomic E-state index is 12.0. The molecule has 1 aliphatic heterocycles. The molecule has 0 radical (unpaired) electrons. The number of amides is 1. The molecule has 0 aliphatic carbocycles. The van der Waals surface area contributed by atoms with Gasteiger partial charge in [0.2, 0.25) is 5.91 Å². The van der Waals surface area contributed by atoms with Crippen LogP contribution in [0.25, 0.3) is 0 Å². The summed E-state index contributed by atoms with van der Waals surface area (Å²) in [6.07, 6.45) is 1.82. The number of aromatic carboxylic acids is 2. The molecule has 6 nitrogen and oxygen atoms in total. The fraction of sp³-hybridized carbons (Fsp3) is 0.214. The van der Waals surface area contributed by atoms with Gasteiger partial charge in [0.05, 0.1) is 16.8 Å². The molecule has 2 rings (SSSR count). The summed E-state index contributed by atoms with van der Waals surface area (Å²) in [5.74, 6) is -2.94. The van der Waals surface area contributed by atoms with Gasteiger partial charge in [-0.2, -0.15) is 0 Å². The topological polar surface area (TPSA) is 94.9 Å². The summed E-state index contributed by atoms with van der Waals surface area (Å²) in [6, 6.07) is 3.93. The van der Waals surface area contributed by atoms with Gasteiger partial charge in [0.1, 0.15) is 0 Å². The molecule has 1 atom stereocenters. The second-order valence-corrected chi connectivity index (χ2v) is 4.52. The highest BCUT2D eigenvalue weighted by atomic mass is 16.4. The number of carbonyl (C=O) groups excluding carboxylic acids is 1. The van der Waals surface area contributed by atoms with Gasteiger partial charge in [-0.15, -0.1) is 6.58 Å². The van der Waals surface area contributed by atoms with Gasteiger partial charge >= 0.3 is 11.9 Å². The second-order valence-electron chi connectivity index (χ2n) is 4.52. The Morgan fingerprint density at radius 3 is 2.20 bits per heavy atom. The molecule has 1 saturated heterocycles. The fourth-order valence-electron chi connectivity index (χ4n) is 2.29. The molecule has 1 aromatic carbocycles. The van der Waals surface area contributed by atoms with Crippen molar-refractivity contribution in [3.05, 3.63) is 42.0 Å². The van der Waals surface area contributed by atoms with Gasteiger partial charge < -0.3 is 15.1 Å². The van der Waals surface area contributed by atoms with E-state index in [1.165, 1.54) is 23.1 Å². The molecule has 6 heteroatoms. The van der Waals surface area contributed by atoms with Gasteiger partial charge in [-0.1, -0.05) is 12.1 Å². The van der Waals surface area contributed by atoms with Crippen molar-refractivity contribution in [2.24, 2.45) is 5.92 Å². The van der Waals surface area contributed by atoms with Crippen molar-refractivity contribution in [1.82, 2.24) is 0 Å². The first-order valence-electron chi connectivity index (χ1n) is 5.98. The molecule has 0 spiro atoms. The smallest absolute Gasteiger partial charge is 0.337 e. The van der Waals surface area contributed by atoms with Gasteiger partial charge in [-0.05, 0) is 12.1 Å². The number of hydrogen-bond donors (Lipinski definition) is 2. The first-order valence-corrected chi connectivity index (χ1v) is 5.98. The zero-order chi connectivity index (χ0) is 14.9. The predicted molar refractivity (Wildman–Crippen MR) is 71.0 cm³/mol. The molecular weight excluding hydrogens is 262 g/mol. The summed E-state index contributed by atoms with van der Waals surface area (Å²) < 4.78 is 0. The van der Waals surface area contributed by atoms with E-state index in [1.807, 2.05) is 0 Å². The first kappa shape index (κ1) is 13.8. The summed E-state index contributed by atoms with van der Waals surface area (Å²) in [5.41, 5.74) is -0.437. The summed E-state index contributed by atoms with van der Waals surface area (Å²) >= 11 is 0. The Morgan fingerprint density at radius 2 is 1.80 bits per heavy atom. The highest BCUT2D eigenvalue weighted by molar-refractivity contribution is 6.09. The van der Waals surface area contributed by atoms with E-state index in [-0.39, 0.29) is 41.6 Å². The molecule has 20 heavy (non-hydrogen) atoms. The van der Waals surface area contributed by atoms with Crippen molar-refractivity contribution in [2.75, 3.05) is 11.4 Å². The highest BCUT2D eigenvalue weighted by Gasteiger charge is 2.34. The van der Waals surface area contributed by atoms with Crippen molar-refractivity contribution >= 4 is 23.5 Å². The standard InChI is InChI=1S/C14H13NO5/c1-2-8-6-11(16)15(7-8)12-9(13(17)18)4-3-5-10(12)14(19)20/h2-5,8H,1,6-7H2,(H,17,18)(H,19,20). The van der Waals surface area contributed by atoms with Gasteiger partial charge in [0.25, 0.3) is 0 Å². The molecular formula is C14H13NO5. The number of rotatable bonds is 4. The first-order chi connectivity index (χ1) is 9.45. The maximum atomic E-state index is 12.0. The van der Waals surface area contributed by atoms with Crippen LogP contribution in [0.15, 0.2) is 30.9 Å². The number of carboxylic acids is 2. The number of carbonyl (C=O) groups is 3. The van der Waals surface area contributed by atoms with Crippen LogP contribution in [0.5, 0.6) is 0 Å². The molecule has 0 saturated carbocycles. The van der Waals surface area contributed by atoms with Crippen LogP contribution in [-0.2, 0) is 4.79 Å². The average molecular weight is 275 g/mol. The molecule has 0 bridgehead atoms. The Morgan fingerprint density at radius 1 is 1.25 bits per heavy atom. The van der Waals surface area contributed by atoms with Gasteiger partial charge in [0.15, 0.2) is 0 Å². The van der Waals surface area contributed by atoms with Gasteiger partial charge in [0, 0.05) is 18.9 Å². The summed E-state index contributed by atoms with van der Waals surface area (Å²) in [4.78, 5) is 35.7. The Labute approximate surface area is 114 Å². The van der Waals surface area contributed by atoms with E-state index in [0.29, 0.717) is 0 Å². The molecule has 1 fully saturated rings. The third-order valence-electron chi connectivity index (χ3n) is 3.26. The van der Waals surface area contributed by atoms with Crippen molar-refractivity contribution in [3.8, 4) is 0 Å². The van der Waals surface area contributed by atoms with Crippen molar-refractivity contribution in [2.45, 2.75) is 6.42 Å². The number of hydrogen-bond acceptors (Lipinski definition) is 3. The number of para-hydroxylation sites is 1. The lowest BCUT2D eigenvalue weighted by atomic mass is 10.1. The van der Waals surface area contributed by atoms with Crippen LogP contribution in [0.2, 0.25) is 0 Å². The van der Waals surface area contributed by atoms with Gasteiger partial charge in [-0.3, -0.25) is 4.79 Å².